The maximum atomic E-state index is 13.3. The molecule has 0 saturated carbocycles. The predicted molar refractivity (Wildman–Crippen MR) is 63.7 cm³/mol. The van der Waals surface area contributed by atoms with Gasteiger partial charge in [0.1, 0.15) is 5.76 Å². The third kappa shape index (κ3) is 2.94. The predicted octanol–water partition coefficient (Wildman–Crippen LogP) is 1.96. The van der Waals surface area contributed by atoms with Crippen molar-refractivity contribution in [1.29, 1.82) is 0 Å². The van der Waals surface area contributed by atoms with Gasteiger partial charge in [-0.05, 0) is 24.3 Å². The molecule has 0 atom stereocenters. The average molecular weight is 306 g/mol. The molecule has 5 nitrogen and oxygen atoms in total. The second-order valence-corrected chi connectivity index (χ2v) is 5.33. The van der Waals surface area contributed by atoms with E-state index in [0.717, 1.165) is 18.2 Å². The number of benzene rings is 1. The van der Waals surface area contributed by atoms with Gasteiger partial charge in [-0.25, -0.2) is 26.7 Å². The maximum Gasteiger partial charge on any atom is 0.271 e. The van der Waals surface area contributed by atoms with Crippen molar-refractivity contribution in [3.63, 3.8) is 0 Å². The van der Waals surface area contributed by atoms with E-state index in [1.807, 2.05) is 0 Å². The standard InChI is InChI=1S/C11H9F3N2O3S/c12-7-2-3-8(11(14)10(7)13)16-5-6-1-4-9(19-6)20(15,17)18/h1-4,16H,5H2,(H2,15,17,18). The molecule has 0 saturated heterocycles. The Morgan fingerprint density at radius 3 is 2.40 bits per heavy atom. The smallest absolute Gasteiger partial charge is 0.271 e. The van der Waals surface area contributed by atoms with Gasteiger partial charge in [0.15, 0.2) is 17.5 Å². The number of sulfonamides is 1. The molecule has 0 aliphatic heterocycles. The molecule has 0 unspecified atom stereocenters. The van der Waals surface area contributed by atoms with Gasteiger partial charge in [0.2, 0.25) is 5.09 Å². The Morgan fingerprint density at radius 2 is 1.80 bits per heavy atom. The minimum atomic E-state index is -3.96. The summed E-state index contributed by atoms with van der Waals surface area (Å²) in [6.07, 6.45) is 0. The van der Waals surface area contributed by atoms with Gasteiger partial charge >= 0.3 is 0 Å². The normalized spacial score (nSPS) is 11.6. The lowest BCUT2D eigenvalue weighted by atomic mass is 10.2. The van der Waals surface area contributed by atoms with E-state index in [-0.39, 0.29) is 18.0 Å². The van der Waals surface area contributed by atoms with E-state index >= 15 is 0 Å². The molecule has 9 heteroatoms. The van der Waals surface area contributed by atoms with Gasteiger partial charge < -0.3 is 9.73 Å². The summed E-state index contributed by atoms with van der Waals surface area (Å²) in [6.45, 7) is -0.127. The zero-order chi connectivity index (χ0) is 14.9. The summed E-state index contributed by atoms with van der Waals surface area (Å²) in [5, 5.41) is 6.85. The lowest BCUT2D eigenvalue weighted by Gasteiger charge is -2.06. The molecule has 0 spiro atoms. The second-order valence-electron chi connectivity index (χ2n) is 3.84. The fourth-order valence-corrected chi connectivity index (χ4v) is 1.93. The van der Waals surface area contributed by atoms with E-state index in [4.69, 9.17) is 9.56 Å². The number of nitrogens with two attached hydrogens (primary N) is 1. The summed E-state index contributed by atoms with van der Waals surface area (Å²) in [5.41, 5.74) is -0.280. The van der Waals surface area contributed by atoms with E-state index in [1.165, 1.54) is 6.07 Å². The first-order valence-electron chi connectivity index (χ1n) is 5.28. The molecule has 0 aliphatic carbocycles. The molecular weight excluding hydrogens is 297 g/mol. The third-order valence-corrected chi connectivity index (χ3v) is 3.19. The van der Waals surface area contributed by atoms with Crippen LogP contribution in [-0.4, -0.2) is 8.42 Å². The van der Waals surface area contributed by atoms with Crippen molar-refractivity contribution in [2.45, 2.75) is 11.6 Å². The number of anilines is 1. The zero-order valence-electron chi connectivity index (χ0n) is 9.86. The SMILES string of the molecule is NS(=O)(=O)c1ccc(CNc2ccc(F)c(F)c2F)o1. The lowest BCUT2D eigenvalue weighted by molar-refractivity contribution is 0.418. The lowest BCUT2D eigenvalue weighted by Crippen LogP contribution is -2.10. The Hall–Kier alpha value is -2.00. The molecule has 108 valence electrons. The monoisotopic (exact) mass is 306 g/mol. The summed E-state index contributed by atoms with van der Waals surface area (Å²) >= 11 is 0. The number of hydrogen-bond acceptors (Lipinski definition) is 4. The summed E-state index contributed by atoms with van der Waals surface area (Å²) in [4.78, 5) is 0. The molecule has 2 aromatic rings. The Kier molecular flexibility index (Phi) is 3.73. The minimum Gasteiger partial charge on any atom is -0.446 e. The van der Waals surface area contributed by atoms with Gasteiger partial charge in [-0.3, -0.25) is 0 Å². The molecule has 3 N–H and O–H groups in total. The Morgan fingerprint density at radius 1 is 1.10 bits per heavy atom. The summed E-state index contributed by atoms with van der Waals surface area (Å²) < 4.78 is 65.9. The number of rotatable bonds is 4. The van der Waals surface area contributed by atoms with Crippen LogP contribution < -0.4 is 10.5 Å². The van der Waals surface area contributed by atoms with Crippen LogP contribution in [0.4, 0.5) is 18.9 Å². The van der Waals surface area contributed by atoms with Crippen LogP contribution in [0.3, 0.4) is 0 Å². The molecule has 0 fully saturated rings. The molecule has 0 radical (unpaired) electrons. The number of hydrogen-bond donors (Lipinski definition) is 2. The number of primary sulfonamides is 1. The van der Waals surface area contributed by atoms with Gasteiger partial charge in [-0.2, -0.15) is 0 Å². The van der Waals surface area contributed by atoms with Crippen molar-refractivity contribution < 1.29 is 26.0 Å². The highest BCUT2D eigenvalue weighted by Gasteiger charge is 2.15. The van der Waals surface area contributed by atoms with Crippen molar-refractivity contribution in [3.05, 3.63) is 47.5 Å². The first kappa shape index (κ1) is 14.4. The van der Waals surface area contributed by atoms with Crippen LogP contribution in [0.2, 0.25) is 0 Å². The average Bonchev–Trinajstić information content (AvgIpc) is 2.84. The van der Waals surface area contributed by atoms with Crippen LogP contribution in [0, 0.1) is 17.5 Å². The van der Waals surface area contributed by atoms with Gasteiger partial charge in [0.25, 0.3) is 10.0 Å². The Labute approximate surface area is 112 Å². The highest BCUT2D eigenvalue weighted by Crippen LogP contribution is 2.21. The zero-order valence-corrected chi connectivity index (χ0v) is 10.7. The van der Waals surface area contributed by atoms with Gasteiger partial charge in [0, 0.05) is 0 Å². The molecule has 1 aromatic heterocycles. The summed E-state index contributed by atoms with van der Waals surface area (Å²) in [7, 11) is -3.96. The number of furan rings is 1. The topological polar surface area (TPSA) is 85.3 Å². The number of halogens is 3. The van der Waals surface area contributed by atoms with Crippen LogP contribution in [-0.2, 0) is 16.6 Å². The molecule has 1 aromatic carbocycles. The minimum absolute atomic E-state index is 0.127. The number of nitrogens with one attached hydrogen (secondary N) is 1. The van der Waals surface area contributed by atoms with E-state index in [9.17, 15) is 21.6 Å². The molecule has 0 aliphatic rings. The van der Waals surface area contributed by atoms with Crippen molar-refractivity contribution in [2.24, 2.45) is 5.14 Å². The van der Waals surface area contributed by atoms with Crippen molar-refractivity contribution in [1.82, 2.24) is 0 Å². The van der Waals surface area contributed by atoms with E-state index in [2.05, 4.69) is 5.32 Å². The van der Waals surface area contributed by atoms with Crippen LogP contribution in [0.5, 0.6) is 0 Å². The quantitative estimate of drug-likeness (QED) is 0.846. The molecule has 20 heavy (non-hydrogen) atoms. The first-order valence-corrected chi connectivity index (χ1v) is 6.82. The maximum absolute atomic E-state index is 13.3. The molecule has 1 heterocycles. The van der Waals surface area contributed by atoms with Crippen molar-refractivity contribution in [3.8, 4) is 0 Å². The summed E-state index contributed by atoms with van der Waals surface area (Å²) in [6, 6.07) is 4.22. The van der Waals surface area contributed by atoms with Crippen LogP contribution in [0.25, 0.3) is 0 Å². The van der Waals surface area contributed by atoms with E-state index in [1.54, 1.807) is 0 Å². The third-order valence-electron chi connectivity index (χ3n) is 2.41. The second kappa shape index (κ2) is 5.17. The van der Waals surface area contributed by atoms with E-state index in [0.29, 0.717) is 0 Å². The highest BCUT2D eigenvalue weighted by molar-refractivity contribution is 7.89. The van der Waals surface area contributed by atoms with Crippen molar-refractivity contribution in [2.75, 3.05) is 5.32 Å². The molecular formula is C11H9F3N2O3S. The van der Waals surface area contributed by atoms with Gasteiger partial charge in [-0.1, -0.05) is 0 Å². The van der Waals surface area contributed by atoms with Crippen LogP contribution >= 0.6 is 0 Å². The summed E-state index contributed by atoms with van der Waals surface area (Å²) in [5.74, 6) is -4.14. The van der Waals surface area contributed by atoms with Gasteiger partial charge in [-0.15, -0.1) is 0 Å². The van der Waals surface area contributed by atoms with Crippen LogP contribution in [0.1, 0.15) is 5.76 Å². The fraction of sp³-hybridized carbons (Fsp3) is 0.0909. The molecule has 2 rings (SSSR count). The Bertz CT molecular complexity index is 743. The molecule has 0 bridgehead atoms. The van der Waals surface area contributed by atoms with Crippen LogP contribution in [0.15, 0.2) is 33.8 Å². The van der Waals surface area contributed by atoms with Gasteiger partial charge in [0.05, 0.1) is 12.2 Å². The first-order chi connectivity index (χ1) is 9.29. The largest absolute Gasteiger partial charge is 0.446 e. The highest BCUT2D eigenvalue weighted by atomic mass is 32.2. The fourth-order valence-electron chi connectivity index (χ4n) is 1.45. The van der Waals surface area contributed by atoms with Crippen molar-refractivity contribution >= 4 is 15.7 Å². The Balaban J connectivity index is 2.14. The van der Waals surface area contributed by atoms with E-state index < -0.39 is 32.6 Å². The molecule has 0 amide bonds.